The van der Waals surface area contributed by atoms with Crippen LogP contribution in [0.3, 0.4) is 0 Å². The van der Waals surface area contributed by atoms with Gasteiger partial charge in [-0.1, -0.05) is 0 Å². The highest BCUT2D eigenvalue weighted by Crippen LogP contribution is 2.24. The summed E-state index contributed by atoms with van der Waals surface area (Å²) in [7, 11) is 1.87. The van der Waals surface area contributed by atoms with Crippen LogP contribution < -0.4 is 16.0 Å². The second kappa shape index (κ2) is 4.65. The molecule has 1 aromatic heterocycles. The monoisotopic (exact) mass is 221 g/mol. The standard InChI is InChI=1S/C11H19N5/c1-8-14-10(13-2)6-11(15-8)16-5-3-4-9(16)7-12/h6,9H,3-5,7,12H2,1-2H3,(H,13,14,15). The van der Waals surface area contributed by atoms with Crippen molar-refractivity contribution in [2.24, 2.45) is 5.73 Å². The molecule has 0 aliphatic carbocycles. The van der Waals surface area contributed by atoms with E-state index in [1.165, 1.54) is 6.42 Å². The van der Waals surface area contributed by atoms with E-state index < -0.39 is 0 Å². The number of nitrogens with one attached hydrogen (secondary N) is 1. The van der Waals surface area contributed by atoms with Gasteiger partial charge in [-0.3, -0.25) is 0 Å². The summed E-state index contributed by atoms with van der Waals surface area (Å²) in [6.45, 7) is 3.65. The average molecular weight is 221 g/mol. The summed E-state index contributed by atoms with van der Waals surface area (Å²) in [4.78, 5) is 11.1. The fourth-order valence-electron chi connectivity index (χ4n) is 2.21. The van der Waals surface area contributed by atoms with Crippen LogP contribution in [-0.2, 0) is 0 Å². The Morgan fingerprint density at radius 2 is 2.38 bits per heavy atom. The first-order chi connectivity index (χ1) is 7.74. The molecule has 0 amide bonds. The van der Waals surface area contributed by atoms with E-state index in [1.54, 1.807) is 0 Å². The van der Waals surface area contributed by atoms with Gasteiger partial charge in [-0.15, -0.1) is 0 Å². The van der Waals surface area contributed by atoms with Crippen molar-refractivity contribution < 1.29 is 0 Å². The SMILES string of the molecule is CNc1cc(N2CCCC2CN)nc(C)n1. The lowest BCUT2D eigenvalue weighted by atomic mass is 10.2. The normalized spacial score (nSPS) is 20.2. The Morgan fingerprint density at radius 3 is 3.06 bits per heavy atom. The largest absolute Gasteiger partial charge is 0.373 e. The molecule has 0 aromatic carbocycles. The zero-order valence-corrected chi connectivity index (χ0v) is 9.90. The van der Waals surface area contributed by atoms with Crippen molar-refractivity contribution in [3.63, 3.8) is 0 Å². The van der Waals surface area contributed by atoms with Crippen LogP contribution in [0.25, 0.3) is 0 Å². The molecule has 0 bridgehead atoms. The van der Waals surface area contributed by atoms with Gasteiger partial charge < -0.3 is 16.0 Å². The molecule has 0 saturated carbocycles. The highest BCUT2D eigenvalue weighted by molar-refractivity contribution is 5.50. The third kappa shape index (κ3) is 2.09. The van der Waals surface area contributed by atoms with Gasteiger partial charge in [-0.2, -0.15) is 0 Å². The van der Waals surface area contributed by atoms with Gasteiger partial charge >= 0.3 is 0 Å². The van der Waals surface area contributed by atoms with E-state index in [9.17, 15) is 0 Å². The van der Waals surface area contributed by atoms with Gasteiger partial charge in [0.25, 0.3) is 0 Å². The number of aryl methyl sites for hydroxylation is 1. The van der Waals surface area contributed by atoms with E-state index in [2.05, 4.69) is 20.2 Å². The second-order valence-corrected chi connectivity index (χ2v) is 4.13. The molecule has 1 fully saturated rings. The van der Waals surface area contributed by atoms with E-state index in [0.717, 1.165) is 30.4 Å². The number of rotatable bonds is 3. The summed E-state index contributed by atoms with van der Waals surface area (Å²) in [5.41, 5.74) is 5.77. The first-order valence-electron chi connectivity index (χ1n) is 5.74. The van der Waals surface area contributed by atoms with Crippen molar-refractivity contribution in [2.45, 2.75) is 25.8 Å². The van der Waals surface area contributed by atoms with Crippen LogP contribution in [0.5, 0.6) is 0 Å². The van der Waals surface area contributed by atoms with Gasteiger partial charge in [0.05, 0.1) is 0 Å². The maximum Gasteiger partial charge on any atom is 0.134 e. The van der Waals surface area contributed by atoms with Gasteiger partial charge in [-0.05, 0) is 19.8 Å². The van der Waals surface area contributed by atoms with Crippen molar-refractivity contribution in [1.29, 1.82) is 0 Å². The molecular formula is C11H19N5. The number of aromatic nitrogens is 2. The van der Waals surface area contributed by atoms with Crippen LogP contribution in [0.4, 0.5) is 11.6 Å². The molecule has 2 heterocycles. The lowest BCUT2D eigenvalue weighted by molar-refractivity contribution is 0.670. The average Bonchev–Trinajstić information content (AvgIpc) is 2.76. The number of anilines is 2. The molecule has 5 heteroatoms. The van der Waals surface area contributed by atoms with Gasteiger partial charge in [-0.25, -0.2) is 9.97 Å². The molecule has 0 radical (unpaired) electrons. The highest BCUT2D eigenvalue weighted by Gasteiger charge is 2.24. The van der Waals surface area contributed by atoms with Crippen LogP contribution in [0.2, 0.25) is 0 Å². The number of nitrogens with two attached hydrogens (primary N) is 1. The predicted molar refractivity (Wildman–Crippen MR) is 65.7 cm³/mol. The molecule has 1 unspecified atom stereocenters. The Kier molecular flexibility index (Phi) is 3.24. The minimum Gasteiger partial charge on any atom is -0.373 e. The van der Waals surface area contributed by atoms with Crippen LogP contribution in [0, 0.1) is 6.92 Å². The summed E-state index contributed by atoms with van der Waals surface area (Å²) >= 11 is 0. The molecule has 5 nitrogen and oxygen atoms in total. The Hall–Kier alpha value is -1.36. The number of hydrogen-bond donors (Lipinski definition) is 2. The molecular weight excluding hydrogens is 202 g/mol. The molecule has 0 spiro atoms. The zero-order chi connectivity index (χ0) is 11.5. The summed E-state index contributed by atoms with van der Waals surface area (Å²) in [5, 5.41) is 3.06. The lowest BCUT2D eigenvalue weighted by Gasteiger charge is -2.25. The summed E-state index contributed by atoms with van der Waals surface area (Å²) in [6.07, 6.45) is 2.36. The molecule has 1 aromatic rings. The summed E-state index contributed by atoms with van der Waals surface area (Å²) in [5.74, 6) is 2.65. The smallest absolute Gasteiger partial charge is 0.134 e. The summed E-state index contributed by atoms with van der Waals surface area (Å²) < 4.78 is 0. The Labute approximate surface area is 96.1 Å². The van der Waals surface area contributed by atoms with E-state index in [4.69, 9.17) is 5.73 Å². The van der Waals surface area contributed by atoms with Crippen molar-refractivity contribution in [3.05, 3.63) is 11.9 Å². The Bertz CT molecular complexity index is 365. The van der Waals surface area contributed by atoms with Crippen molar-refractivity contribution in [1.82, 2.24) is 9.97 Å². The van der Waals surface area contributed by atoms with E-state index >= 15 is 0 Å². The topological polar surface area (TPSA) is 67.1 Å². The maximum atomic E-state index is 5.77. The molecule has 1 atom stereocenters. The quantitative estimate of drug-likeness (QED) is 0.788. The summed E-state index contributed by atoms with van der Waals surface area (Å²) in [6, 6.07) is 2.42. The highest BCUT2D eigenvalue weighted by atomic mass is 15.2. The van der Waals surface area contributed by atoms with Gasteiger partial charge in [0, 0.05) is 32.2 Å². The van der Waals surface area contributed by atoms with Crippen LogP contribution in [0.1, 0.15) is 18.7 Å². The van der Waals surface area contributed by atoms with Crippen LogP contribution in [-0.4, -0.2) is 36.1 Å². The van der Waals surface area contributed by atoms with E-state index in [1.807, 2.05) is 20.0 Å². The molecule has 1 saturated heterocycles. The first kappa shape index (κ1) is 11.1. The van der Waals surface area contributed by atoms with E-state index in [-0.39, 0.29) is 0 Å². The minimum absolute atomic E-state index is 0.430. The van der Waals surface area contributed by atoms with Crippen molar-refractivity contribution in [3.8, 4) is 0 Å². The second-order valence-electron chi connectivity index (χ2n) is 4.13. The number of hydrogen-bond acceptors (Lipinski definition) is 5. The first-order valence-corrected chi connectivity index (χ1v) is 5.74. The maximum absolute atomic E-state index is 5.77. The molecule has 2 rings (SSSR count). The third-order valence-corrected chi connectivity index (χ3v) is 3.02. The van der Waals surface area contributed by atoms with Gasteiger partial charge in [0.2, 0.25) is 0 Å². The molecule has 1 aliphatic heterocycles. The lowest BCUT2D eigenvalue weighted by Crippen LogP contribution is -2.36. The Morgan fingerprint density at radius 1 is 1.56 bits per heavy atom. The fraction of sp³-hybridized carbons (Fsp3) is 0.636. The Balaban J connectivity index is 2.28. The molecule has 88 valence electrons. The molecule has 3 N–H and O–H groups in total. The molecule has 16 heavy (non-hydrogen) atoms. The van der Waals surface area contributed by atoms with Crippen LogP contribution >= 0.6 is 0 Å². The van der Waals surface area contributed by atoms with Gasteiger partial charge in [0.15, 0.2) is 0 Å². The fourth-order valence-corrected chi connectivity index (χ4v) is 2.21. The van der Waals surface area contributed by atoms with Gasteiger partial charge in [0.1, 0.15) is 17.5 Å². The number of nitrogens with zero attached hydrogens (tertiary/aromatic N) is 3. The molecule has 1 aliphatic rings. The van der Waals surface area contributed by atoms with Crippen molar-refractivity contribution >= 4 is 11.6 Å². The predicted octanol–water partition coefficient (Wildman–Crippen LogP) is 0.754. The zero-order valence-electron chi connectivity index (χ0n) is 9.90. The van der Waals surface area contributed by atoms with Crippen molar-refractivity contribution in [2.75, 3.05) is 30.4 Å². The van der Waals surface area contributed by atoms with Crippen LogP contribution in [0.15, 0.2) is 6.07 Å². The van der Waals surface area contributed by atoms with E-state index in [0.29, 0.717) is 12.6 Å². The third-order valence-electron chi connectivity index (χ3n) is 3.02. The minimum atomic E-state index is 0.430.